The average Bonchev–Trinajstić information content (AvgIpc) is 2.84. The molecule has 0 aliphatic carbocycles. The molecule has 2 aromatic rings. The number of imidazole rings is 1. The first kappa shape index (κ1) is 14.4. The lowest BCUT2D eigenvalue weighted by molar-refractivity contribution is 0.107. The van der Waals surface area contributed by atoms with Crippen molar-refractivity contribution in [3.63, 3.8) is 0 Å². The van der Waals surface area contributed by atoms with Gasteiger partial charge in [0.25, 0.3) is 0 Å². The molecule has 0 radical (unpaired) electrons. The fourth-order valence-electron chi connectivity index (χ4n) is 3.05. The Kier molecular flexibility index (Phi) is 4.19. The zero-order valence-electron chi connectivity index (χ0n) is 12.8. The van der Waals surface area contributed by atoms with Crippen molar-refractivity contribution < 1.29 is 5.11 Å². The van der Waals surface area contributed by atoms with Crippen molar-refractivity contribution in [1.82, 2.24) is 24.2 Å². The molecule has 0 atom stereocenters. The van der Waals surface area contributed by atoms with E-state index in [4.69, 9.17) is 5.11 Å². The van der Waals surface area contributed by atoms with Crippen LogP contribution in [0, 0.1) is 13.8 Å². The summed E-state index contributed by atoms with van der Waals surface area (Å²) >= 11 is 0. The number of hydrogen-bond acceptors (Lipinski definition) is 5. The van der Waals surface area contributed by atoms with Gasteiger partial charge in [-0.25, -0.2) is 9.97 Å². The first-order valence-corrected chi connectivity index (χ1v) is 7.53. The van der Waals surface area contributed by atoms with Gasteiger partial charge in [-0.15, -0.1) is 0 Å². The van der Waals surface area contributed by atoms with E-state index in [-0.39, 0.29) is 6.61 Å². The summed E-state index contributed by atoms with van der Waals surface area (Å²) in [6.45, 7) is 10.1. The maximum Gasteiger partial charge on any atom is 0.234 e. The summed E-state index contributed by atoms with van der Waals surface area (Å²) < 4.78 is 2.15. The maximum absolute atomic E-state index is 8.99. The molecule has 2 aromatic heterocycles. The average molecular weight is 289 g/mol. The second-order valence-electron chi connectivity index (χ2n) is 5.77. The third kappa shape index (κ3) is 3.07. The van der Waals surface area contributed by atoms with Crippen LogP contribution >= 0.6 is 0 Å². The van der Waals surface area contributed by atoms with E-state index in [2.05, 4.69) is 37.2 Å². The molecule has 0 saturated carbocycles. The summed E-state index contributed by atoms with van der Waals surface area (Å²) in [5.41, 5.74) is 3.39. The van der Waals surface area contributed by atoms with Gasteiger partial charge in [0.15, 0.2) is 0 Å². The van der Waals surface area contributed by atoms with Gasteiger partial charge in [-0.1, -0.05) is 0 Å². The Labute approximate surface area is 125 Å². The first-order chi connectivity index (χ1) is 10.2. The lowest BCUT2D eigenvalue weighted by atomic mass is 10.3. The van der Waals surface area contributed by atoms with Gasteiger partial charge in [-0.2, -0.15) is 0 Å². The van der Waals surface area contributed by atoms with Crippen LogP contribution in [0.15, 0.2) is 12.3 Å². The first-order valence-electron chi connectivity index (χ1n) is 7.53. The lowest BCUT2D eigenvalue weighted by Gasteiger charge is -2.34. The van der Waals surface area contributed by atoms with Gasteiger partial charge in [0.05, 0.1) is 18.5 Å². The minimum Gasteiger partial charge on any atom is -0.395 e. The number of aromatic nitrogens is 3. The molecule has 1 saturated heterocycles. The molecule has 0 aromatic carbocycles. The van der Waals surface area contributed by atoms with Gasteiger partial charge >= 0.3 is 0 Å². The molecule has 1 N–H and O–H groups in total. The molecule has 6 heteroatoms. The highest BCUT2D eigenvalue weighted by Crippen LogP contribution is 2.13. The molecule has 3 heterocycles. The maximum atomic E-state index is 8.99. The van der Waals surface area contributed by atoms with E-state index in [1.165, 1.54) is 11.4 Å². The van der Waals surface area contributed by atoms with Crippen molar-refractivity contribution in [3.05, 3.63) is 29.3 Å². The minimum absolute atomic E-state index is 0.247. The summed E-state index contributed by atoms with van der Waals surface area (Å²) in [6.07, 6.45) is 1.94. The second-order valence-corrected chi connectivity index (χ2v) is 5.77. The Bertz CT molecular complexity index is 616. The van der Waals surface area contributed by atoms with E-state index in [0.29, 0.717) is 0 Å². The Balaban J connectivity index is 1.72. The van der Waals surface area contributed by atoms with Crippen LogP contribution in [0.5, 0.6) is 0 Å². The van der Waals surface area contributed by atoms with Crippen LogP contribution in [0.3, 0.4) is 0 Å². The zero-order chi connectivity index (χ0) is 14.8. The van der Waals surface area contributed by atoms with Crippen molar-refractivity contribution >= 4 is 5.78 Å². The Morgan fingerprint density at radius 1 is 1.14 bits per heavy atom. The predicted molar refractivity (Wildman–Crippen MR) is 81.3 cm³/mol. The Morgan fingerprint density at radius 3 is 2.57 bits per heavy atom. The number of aryl methyl sites for hydroxylation is 2. The molecular weight excluding hydrogens is 266 g/mol. The van der Waals surface area contributed by atoms with Crippen molar-refractivity contribution in [1.29, 1.82) is 0 Å². The van der Waals surface area contributed by atoms with Crippen molar-refractivity contribution in [2.24, 2.45) is 0 Å². The summed E-state index contributed by atoms with van der Waals surface area (Å²) in [5.74, 6) is 0.793. The molecule has 3 rings (SSSR count). The van der Waals surface area contributed by atoms with Crippen LogP contribution in [0.2, 0.25) is 0 Å². The van der Waals surface area contributed by atoms with Crippen LogP contribution in [-0.4, -0.2) is 68.6 Å². The number of aliphatic hydroxyl groups excluding tert-OH is 1. The molecule has 1 fully saturated rings. The van der Waals surface area contributed by atoms with Crippen LogP contribution in [0.25, 0.3) is 5.78 Å². The molecular formula is C15H23N5O. The third-order valence-corrected chi connectivity index (χ3v) is 4.13. The monoisotopic (exact) mass is 289 g/mol. The number of nitrogens with zero attached hydrogens (tertiary/aromatic N) is 5. The highest BCUT2D eigenvalue weighted by Gasteiger charge is 2.18. The smallest absolute Gasteiger partial charge is 0.234 e. The van der Waals surface area contributed by atoms with Gasteiger partial charge in [0.2, 0.25) is 5.78 Å². The fraction of sp³-hybridized carbons (Fsp3) is 0.600. The number of piperazine rings is 1. The quantitative estimate of drug-likeness (QED) is 0.886. The van der Waals surface area contributed by atoms with Crippen molar-refractivity contribution in [2.45, 2.75) is 20.4 Å². The highest BCUT2D eigenvalue weighted by molar-refractivity contribution is 5.35. The molecule has 0 amide bonds. The molecule has 6 nitrogen and oxygen atoms in total. The Morgan fingerprint density at radius 2 is 1.86 bits per heavy atom. The normalized spacial score (nSPS) is 17.7. The van der Waals surface area contributed by atoms with E-state index < -0.39 is 0 Å². The zero-order valence-corrected chi connectivity index (χ0v) is 12.8. The third-order valence-electron chi connectivity index (χ3n) is 4.13. The van der Waals surface area contributed by atoms with Crippen molar-refractivity contribution in [2.75, 3.05) is 39.3 Å². The molecule has 1 aliphatic rings. The second kappa shape index (κ2) is 6.09. The van der Waals surface area contributed by atoms with E-state index >= 15 is 0 Å². The largest absolute Gasteiger partial charge is 0.395 e. The summed E-state index contributed by atoms with van der Waals surface area (Å²) in [6, 6.07) is 2.09. The lowest BCUT2D eigenvalue weighted by Crippen LogP contribution is -2.46. The number of β-amino-alcohol motifs (C(OH)–C–C–N with tert-alkyl or cyclic N) is 1. The van der Waals surface area contributed by atoms with Gasteiger partial charge in [0, 0.05) is 50.7 Å². The van der Waals surface area contributed by atoms with Gasteiger partial charge < -0.3 is 5.11 Å². The predicted octanol–water partition coefficient (Wildman–Crippen LogP) is 0.456. The molecule has 0 unspecified atom stereocenters. The van der Waals surface area contributed by atoms with E-state index in [9.17, 15) is 0 Å². The summed E-state index contributed by atoms with van der Waals surface area (Å²) in [4.78, 5) is 13.7. The SMILES string of the molecule is Cc1cc(C)n2c(CN3CCN(CCO)CC3)cnc2n1. The van der Waals surface area contributed by atoms with Gasteiger partial charge in [-0.05, 0) is 19.9 Å². The highest BCUT2D eigenvalue weighted by atomic mass is 16.3. The fourth-order valence-corrected chi connectivity index (χ4v) is 3.05. The van der Waals surface area contributed by atoms with Crippen LogP contribution in [0.1, 0.15) is 17.1 Å². The summed E-state index contributed by atoms with van der Waals surface area (Å²) in [5, 5.41) is 8.99. The molecule has 21 heavy (non-hydrogen) atoms. The number of fused-ring (bicyclic) bond motifs is 1. The molecule has 114 valence electrons. The van der Waals surface area contributed by atoms with E-state index in [1.54, 1.807) is 0 Å². The Hall–Kier alpha value is -1.50. The van der Waals surface area contributed by atoms with Crippen molar-refractivity contribution in [3.8, 4) is 0 Å². The minimum atomic E-state index is 0.247. The molecule has 0 bridgehead atoms. The van der Waals surface area contributed by atoms with Crippen LogP contribution < -0.4 is 0 Å². The van der Waals surface area contributed by atoms with Gasteiger partial charge in [0.1, 0.15) is 0 Å². The topological polar surface area (TPSA) is 56.9 Å². The standard InChI is InChI=1S/C15H23N5O/c1-12-9-13(2)20-14(10-16-15(20)17-12)11-19-5-3-18(4-6-19)7-8-21/h9-10,21H,3-8,11H2,1-2H3. The van der Waals surface area contributed by atoms with Crippen LogP contribution in [-0.2, 0) is 6.54 Å². The molecule has 0 spiro atoms. The van der Waals surface area contributed by atoms with E-state index in [1.807, 2.05) is 13.1 Å². The number of rotatable bonds is 4. The van der Waals surface area contributed by atoms with E-state index in [0.717, 1.165) is 50.7 Å². The number of hydrogen-bond donors (Lipinski definition) is 1. The van der Waals surface area contributed by atoms with Crippen LogP contribution in [0.4, 0.5) is 0 Å². The summed E-state index contributed by atoms with van der Waals surface area (Å²) in [7, 11) is 0. The van der Waals surface area contributed by atoms with Gasteiger partial charge in [-0.3, -0.25) is 14.2 Å². The number of aliphatic hydroxyl groups is 1. The molecule has 1 aliphatic heterocycles.